The maximum Gasteiger partial charge on any atom is 0.278 e. The van der Waals surface area contributed by atoms with Crippen LogP contribution in [0.4, 0.5) is 4.79 Å². The van der Waals surface area contributed by atoms with Gasteiger partial charge in [0.15, 0.2) is 5.09 Å². The van der Waals surface area contributed by atoms with E-state index in [9.17, 15) is 4.79 Å². The van der Waals surface area contributed by atoms with Gasteiger partial charge in [0.25, 0.3) is 5.24 Å². The smallest absolute Gasteiger partial charge is 0.278 e. The van der Waals surface area contributed by atoms with Crippen LogP contribution in [-0.4, -0.2) is 47.6 Å². The Hall–Kier alpha value is -4.77. The zero-order valence-electron chi connectivity index (χ0n) is 27.8. The molecule has 0 bridgehead atoms. The lowest BCUT2D eigenvalue weighted by Crippen LogP contribution is -2.47. The van der Waals surface area contributed by atoms with E-state index in [1.807, 2.05) is 95.9 Å². The maximum absolute atomic E-state index is 12.8. The van der Waals surface area contributed by atoms with Crippen molar-refractivity contribution >= 4 is 53.0 Å². The van der Waals surface area contributed by atoms with E-state index >= 15 is 0 Å². The second-order valence-electron chi connectivity index (χ2n) is 12.2. The molecule has 6 rings (SSSR count). The number of furan rings is 1. The Balaban J connectivity index is 1.22. The SMILES string of the molecule is C=CC(CNSc1cc(/C=C\C=N)co1)C1CCN(C(=O)S)C(Cc2cc(-c3ccc(Oc4ccccc4)cc3)nc3ccc(OC)cc23)C1. The molecular formula is C40H40N4O4S2. The lowest BCUT2D eigenvalue weighted by molar-refractivity contribution is 0.129. The minimum absolute atomic E-state index is 0.0617. The van der Waals surface area contributed by atoms with Gasteiger partial charge in [0.1, 0.15) is 17.2 Å². The van der Waals surface area contributed by atoms with Gasteiger partial charge < -0.3 is 24.2 Å². The zero-order valence-corrected chi connectivity index (χ0v) is 29.5. The fourth-order valence-corrected chi connectivity index (χ4v) is 7.46. The summed E-state index contributed by atoms with van der Waals surface area (Å²) in [6.45, 7) is 5.50. The number of aromatic nitrogens is 1. The van der Waals surface area contributed by atoms with Crippen LogP contribution in [0, 0.1) is 17.2 Å². The number of piperidine rings is 1. The molecule has 0 spiro atoms. The minimum atomic E-state index is -0.215. The van der Waals surface area contributed by atoms with E-state index in [4.69, 9.17) is 24.3 Å². The first-order valence-corrected chi connectivity index (χ1v) is 17.8. The van der Waals surface area contributed by atoms with E-state index in [0.29, 0.717) is 25.4 Å². The van der Waals surface area contributed by atoms with E-state index in [1.54, 1.807) is 19.4 Å². The molecule has 0 saturated carbocycles. The van der Waals surface area contributed by atoms with E-state index in [2.05, 4.69) is 30.0 Å². The number of hydrogen-bond donors (Lipinski definition) is 3. The number of benzene rings is 3. The van der Waals surface area contributed by atoms with E-state index in [0.717, 1.165) is 68.5 Å². The highest BCUT2D eigenvalue weighted by Crippen LogP contribution is 2.36. The van der Waals surface area contributed by atoms with Crippen molar-refractivity contribution in [3.63, 3.8) is 0 Å². The van der Waals surface area contributed by atoms with Gasteiger partial charge >= 0.3 is 0 Å². The Morgan fingerprint density at radius 3 is 2.64 bits per heavy atom. The lowest BCUT2D eigenvalue weighted by atomic mass is 9.79. The standard InChI is InChI=1S/C40H40N4O4S2/c1-3-28(25-42-50-39-20-27(26-47-39)8-7-18-41)30-17-19-44(40(45)49)32(21-30)22-31-23-38(43-37-16-15-35(46-2)24-36(31)37)29-11-13-34(14-12-29)48-33-9-5-4-6-10-33/h3-16,18,20,23-24,26,28,30,32,41-42H,1,17,19,21-22,25H2,2H3,(H,45,49)/b8-7-,41-18?. The topological polar surface area (TPSA) is 101 Å². The van der Waals surface area contributed by atoms with Gasteiger partial charge in [-0.3, -0.25) is 9.52 Å². The molecule has 3 heterocycles. The van der Waals surface area contributed by atoms with Crippen molar-refractivity contribution in [1.29, 1.82) is 5.41 Å². The van der Waals surface area contributed by atoms with Crippen molar-refractivity contribution in [3.8, 4) is 28.5 Å². The predicted molar refractivity (Wildman–Crippen MR) is 206 cm³/mol. The van der Waals surface area contributed by atoms with E-state index in [1.165, 1.54) is 18.2 Å². The molecule has 256 valence electrons. The van der Waals surface area contributed by atoms with Crippen LogP contribution in [0.2, 0.25) is 0 Å². The van der Waals surface area contributed by atoms with Crippen LogP contribution in [-0.2, 0) is 6.42 Å². The summed E-state index contributed by atoms with van der Waals surface area (Å²) in [4.78, 5) is 19.8. The molecule has 1 saturated heterocycles. The predicted octanol–water partition coefficient (Wildman–Crippen LogP) is 9.73. The molecule has 2 aromatic heterocycles. The summed E-state index contributed by atoms with van der Waals surface area (Å²) in [5, 5.41) is 8.71. The third kappa shape index (κ3) is 8.68. The van der Waals surface area contributed by atoms with Crippen LogP contribution in [0.15, 0.2) is 119 Å². The number of ether oxygens (including phenoxy) is 2. The fraction of sp³-hybridized carbons (Fsp3) is 0.225. The number of fused-ring (bicyclic) bond motifs is 1. The summed E-state index contributed by atoms with van der Waals surface area (Å²) in [7, 11) is 1.66. The number of carbonyl (C=O) groups is 1. The lowest BCUT2D eigenvalue weighted by Gasteiger charge is -2.41. The normalized spacial score (nSPS) is 16.7. The highest BCUT2D eigenvalue weighted by molar-refractivity contribution is 7.97. The van der Waals surface area contributed by atoms with E-state index in [-0.39, 0.29) is 17.2 Å². The second kappa shape index (κ2) is 16.8. The van der Waals surface area contributed by atoms with Gasteiger partial charge in [-0.2, -0.15) is 0 Å². The summed E-state index contributed by atoms with van der Waals surface area (Å²) >= 11 is 5.74. The molecule has 5 aromatic rings. The fourth-order valence-electron chi connectivity index (χ4n) is 6.49. The van der Waals surface area contributed by atoms with Gasteiger partial charge in [0.05, 0.1) is 24.6 Å². The number of thiol groups is 1. The van der Waals surface area contributed by atoms with Crippen molar-refractivity contribution in [2.75, 3.05) is 20.2 Å². The van der Waals surface area contributed by atoms with Crippen LogP contribution < -0.4 is 14.2 Å². The Bertz CT molecular complexity index is 1960. The molecule has 1 amide bonds. The number of methoxy groups -OCH3 is 1. The molecule has 1 fully saturated rings. The first-order valence-electron chi connectivity index (χ1n) is 16.5. The van der Waals surface area contributed by atoms with Crippen molar-refractivity contribution in [1.82, 2.24) is 14.6 Å². The first kappa shape index (κ1) is 35.1. The van der Waals surface area contributed by atoms with Crippen molar-refractivity contribution in [3.05, 3.63) is 121 Å². The molecule has 1 aliphatic heterocycles. The molecule has 1 aliphatic rings. The first-order chi connectivity index (χ1) is 24.4. The molecule has 3 unspecified atom stereocenters. The average molecular weight is 705 g/mol. The molecular weight excluding hydrogens is 665 g/mol. The third-order valence-electron chi connectivity index (χ3n) is 9.07. The number of nitrogens with one attached hydrogen (secondary N) is 2. The highest BCUT2D eigenvalue weighted by atomic mass is 32.2. The molecule has 2 N–H and O–H groups in total. The Morgan fingerprint density at radius 2 is 1.90 bits per heavy atom. The Morgan fingerprint density at radius 1 is 1.12 bits per heavy atom. The molecule has 3 aromatic carbocycles. The number of amides is 1. The van der Waals surface area contributed by atoms with Gasteiger partial charge in [0, 0.05) is 41.9 Å². The summed E-state index contributed by atoms with van der Waals surface area (Å²) < 4.78 is 20.7. The van der Waals surface area contributed by atoms with Crippen LogP contribution in [0.5, 0.6) is 17.2 Å². The number of pyridine rings is 1. The van der Waals surface area contributed by atoms with Crippen LogP contribution in [0.3, 0.4) is 0 Å². The van der Waals surface area contributed by atoms with Crippen LogP contribution in [0.1, 0.15) is 24.0 Å². The number of hydrogen-bond acceptors (Lipinski definition) is 8. The van der Waals surface area contributed by atoms with Gasteiger partial charge in [0.2, 0.25) is 0 Å². The van der Waals surface area contributed by atoms with Gasteiger partial charge in [-0.15, -0.1) is 6.58 Å². The van der Waals surface area contributed by atoms with Gasteiger partial charge in [-0.05, 0) is 121 Å². The number of para-hydroxylation sites is 1. The van der Waals surface area contributed by atoms with Gasteiger partial charge in [-0.25, -0.2) is 4.98 Å². The molecule has 10 heteroatoms. The number of rotatable bonds is 14. The zero-order chi connectivity index (χ0) is 34.9. The number of allylic oxidation sites excluding steroid dienone is 1. The molecule has 50 heavy (non-hydrogen) atoms. The number of nitrogens with zero attached hydrogens (tertiary/aromatic N) is 2. The largest absolute Gasteiger partial charge is 0.497 e. The summed E-state index contributed by atoms with van der Waals surface area (Å²) in [6, 6.07) is 27.6. The summed E-state index contributed by atoms with van der Waals surface area (Å²) in [6.07, 6.45) is 10.7. The molecule has 0 radical (unpaired) electrons. The van der Waals surface area contributed by atoms with Crippen LogP contribution in [0.25, 0.3) is 28.2 Å². The quantitative estimate of drug-likeness (QED) is 0.0458. The Kier molecular flexibility index (Phi) is 11.8. The highest BCUT2D eigenvalue weighted by Gasteiger charge is 2.34. The van der Waals surface area contributed by atoms with Crippen LogP contribution >= 0.6 is 24.6 Å². The van der Waals surface area contributed by atoms with Crippen molar-refractivity contribution in [2.45, 2.75) is 30.4 Å². The monoisotopic (exact) mass is 704 g/mol. The molecule has 0 aliphatic carbocycles. The average Bonchev–Trinajstić information content (AvgIpc) is 3.60. The van der Waals surface area contributed by atoms with Crippen molar-refractivity contribution in [2.24, 2.45) is 11.8 Å². The summed E-state index contributed by atoms with van der Waals surface area (Å²) in [5.74, 6) is 2.79. The van der Waals surface area contributed by atoms with Gasteiger partial charge in [-0.1, -0.05) is 43.0 Å². The minimum Gasteiger partial charge on any atom is -0.497 e. The molecule has 3 atom stereocenters. The maximum atomic E-state index is 12.8. The third-order valence-corrected chi connectivity index (χ3v) is 10.1. The number of likely N-dealkylation sites (tertiary alicyclic amines) is 1. The van der Waals surface area contributed by atoms with E-state index < -0.39 is 0 Å². The van der Waals surface area contributed by atoms with Crippen molar-refractivity contribution < 1.29 is 18.7 Å². The second-order valence-corrected chi connectivity index (χ2v) is 13.5. The summed E-state index contributed by atoms with van der Waals surface area (Å²) in [5.41, 5.74) is 4.67. The molecule has 8 nitrogen and oxygen atoms in total. The number of carbonyl (C=O) groups excluding carboxylic acids is 1. The Labute approximate surface area is 302 Å².